The molecule has 0 bridgehead atoms. The summed E-state index contributed by atoms with van der Waals surface area (Å²) in [4.78, 5) is 45.0. The number of carboxylic acid groups (broad SMARTS) is 1. The molecule has 278 valence electrons. The number of ether oxygens (including phenoxy) is 3. The van der Waals surface area contributed by atoms with Gasteiger partial charge < -0.3 is 39.3 Å². The lowest BCUT2D eigenvalue weighted by Crippen LogP contribution is -2.57. The normalized spacial score (nSPS) is 20.7. The number of carboxylic acids is 1. The van der Waals surface area contributed by atoms with Gasteiger partial charge in [-0.3, -0.25) is 9.59 Å². The van der Waals surface area contributed by atoms with E-state index in [4.69, 9.17) is 14.2 Å². The second-order valence-corrected chi connectivity index (χ2v) is 14.2. The maximum Gasteiger partial charge on any atom is 0.318 e. The molecule has 3 aliphatic rings. The molecule has 3 aliphatic heterocycles. The summed E-state index contributed by atoms with van der Waals surface area (Å²) in [6.07, 6.45) is 3.83. The highest BCUT2D eigenvalue weighted by molar-refractivity contribution is 5.96. The van der Waals surface area contributed by atoms with Crippen LogP contribution < -0.4 is 19.5 Å². The number of nitrogens with zero attached hydrogens (tertiary/aromatic N) is 3. The number of rotatable bonds is 11. The Labute approximate surface area is 304 Å². The Hall–Kier alpha value is -4.84. The molecule has 0 aromatic heterocycles. The number of nitrogens with one attached hydrogen (secondary N) is 1. The largest absolute Gasteiger partial charge is 0.493 e. The van der Waals surface area contributed by atoms with Crippen molar-refractivity contribution in [3.05, 3.63) is 89.2 Å². The second kappa shape index (κ2) is 15.8. The van der Waals surface area contributed by atoms with Crippen LogP contribution in [0.15, 0.2) is 66.7 Å². The number of aliphatic carboxylic acids is 1. The number of amides is 3. The van der Waals surface area contributed by atoms with Crippen molar-refractivity contribution in [2.75, 3.05) is 67.1 Å². The summed E-state index contributed by atoms with van der Waals surface area (Å²) in [5.41, 5.74) is 1.57. The molecule has 0 saturated carbocycles. The number of carbonyl (C=O) groups is 3. The van der Waals surface area contributed by atoms with Crippen LogP contribution in [0.5, 0.6) is 17.2 Å². The molecule has 3 saturated heterocycles. The van der Waals surface area contributed by atoms with Crippen molar-refractivity contribution < 1.29 is 38.1 Å². The standard InChI is InChI=1S/C40H49FN4O7/c1-50-33-25-29(26-34(51-2)35(33)52-3)36(46)45-24-16-39(27-45,30-9-11-32(41)12-10-30)15-21-43-22-17-40(18-23-43,31-7-5-4-6-8-31)42-38(49)44-19-13-28(14-20-44)37(47)48/h4-12,25-26,28H,13-24,27H2,1-3H3,(H,42,49)(H,47,48). The molecule has 12 heteroatoms. The molecule has 0 spiro atoms. The van der Waals surface area contributed by atoms with E-state index in [1.165, 1.54) is 33.5 Å². The zero-order valence-corrected chi connectivity index (χ0v) is 30.2. The minimum absolute atomic E-state index is 0.142. The summed E-state index contributed by atoms with van der Waals surface area (Å²) in [5.74, 6) is -0.422. The highest BCUT2D eigenvalue weighted by atomic mass is 19.1. The molecule has 52 heavy (non-hydrogen) atoms. The van der Waals surface area contributed by atoms with Crippen molar-refractivity contribution in [3.63, 3.8) is 0 Å². The maximum atomic E-state index is 14.1. The number of hydrogen-bond donors (Lipinski definition) is 2. The average Bonchev–Trinajstić information content (AvgIpc) is 3.62. The maximum absolute atomic E-state index is 14.1. The predicted molar refractivity (Wildman–Crippen MR) is 194 cm³/mol. The van der Waals surface area contributed by atoms with Crippen LogP contribution in [-0.4, -0.2) is 105 Å². The molecule has 2 N–H and O–H groups in total. The van der Waals surface area contributed by atoms with Crippen LogP contribution in [0.2, 0.25) is 0 Å². The van der Waals surface area contributed by atoms with E-state index in [0.29, 0.717) is 74.7 Å². The summed E-state index contributed by atoms with van der Waals surface area (Å²) in [7, 11) is 4.56. The lowest BCUT2D eigenvalue weighted by Gasteiger charge is -2.45. The van der Waals surface area contributed by atoms with Crippen LogP contribution in [0.25, 0.3) is 0 Å². The Bertz CT molecular complexity index is 1700. The minimum atomic E-state index is -0.801. The number of carbonyl (C=O) groups excluding carboxylic acids is 2. The number of methoxy groups -OCH3 is 3. The first kappa shape index (κ1) is 36.9. The Morgan fingerprint density at radius 2 is 1.44 bits per heavy atom. The van der Waals surface area contributed by atoms with E-state index in [0.717, 1.165) is 43.6 Å². The average molecular weight is 717 g/mol. The molecule has 0 aliphatic carbocycles. The molecule has 6 rings (SSSR count). The first-order valence-electron chi connectivity index (χ1n) is 18.0. The summed E-state index contributed by atoms with van der Waals surface area (Å²) in [6, 6.07) is 19.9. The van der Waals surface area contributed by atoms with Crippen molar-refractivity contribution in [3.8, 4) is 17.2 Å². The van der Waals surface area contributed by atoms with Crippen LogP contribution in [0, 0.1) is 11.7 Å². The monoisotopic (exact) mass is 716 g/mol. The molecular formula is C40H49FN4O7. The van der Waals surface area contributed by atoms with Gasteiger partial charge in [-0.25, -0.2) is 9.18 Å². The Kier molecular flexibility index (Phi) is 11.2. The van der Waals surface area contributed by atoms with Gasteiger partial charge in [-0.15, -0.1) is 0 Å². The van der Waals surface area contributed by atoms with Gasteiger partial charge in [-0.2, -0.15) is 0 Å². The summed E-state index contributed by atoms with van der Waals surface area (Å²) in [6.45, 7) is 4.14. The first-order chi connectivity index (χ1) is 25.1. The Morgan fingerprint density at radius 1 is 0.808 bits per heavy atom. The van der Waals surface area contributed by atoms with Gasteiger partial charge in [0, 0.05) is 50.2 Å². The Morgan fingerprint density at radius 3 is 2.02 bits per heavy atom. The number of benzene rings is 3. The molecule has 3 fully saturated rings. The van der Waals surface area contributed by atoms with E-state index in [-0.39, 0.29) is 23.2 Å². The molecule has 0 radical (unpaired) electrons. The second-order valence-electron chi connectivity index (χ2n) is 14.2. The fourth-order valence-electron chi connectivity index (χ4n) is 8.21. The first-order valence-corrected chi connectivity index (χ1v) is 18.0. The third kappa shape index (κ3) is 7.67. The van der Waals surface area contributed by atoms with E-state index >= 15 is 0 Å². The van der Waals surface area contributed by atoms with Crippen LogP contribution >= 0.6 is 0 Å². The summed E-state index contributed by atoms with van der Waals surface area (Å²) >= 11 is 0. The molecule has 3 aromatic rings. The highest BCUT2D eigenvalue weighted by Crippen LogP contribution is 2.42. The quantitative estimate of drug-likeness (QED) is 0.266. The molecular weight excluding hydrogens is 667 g/mol. The van der Waals surface area contributed by atoms with Crippen molar-refractivity contribution >= 4 is 17.9 Å². The zero-order chi connectivity index (χ0) is 36.9. The van der Waals surface area contributed by atoms with Gasteiger partial charge in [-0.05, 0) is 80.5 Å². The van der Waals surface area contributed by atoms with Crippen LogP contribution in [-0.2, 0) is 15.7 Å². The fourth-order valence-corrected chi connectivity index (χ4v) is 8.21. The summed E-state index contributed by atoms with van der Waals surface area (Å²) in [5, 5.41) is 12.8. The third-order valence-electron chi connectivity index (χ3n) is 11.4. The zero-order valence-electron chi connectivity index (χ0n) is 30.2. The number of urea groups is 1. The molecule has 11 nitrogen and oxygen atoms in total. The SMILES string of the molecule is COc1cc(C(=O)N2CCC(CCN3CCC(NC(=O)N4CCC(C(=O)O)CC4)(c4ccccc4)CC3)(c3ccc(F)cc3)C2)cc(OC)c1OC. The van der Waals surface area contributed by atoms with E-state index in [2.05, 4.69) is 22.3 Å². The van der Waals surface area contributed by atoms with Gasteiger partial charge in [0.15, 0.2) is 11.5 Å². The van der Waals surface area contributed by atoms with Gasteiger partial charge in [0.05, 0.1) is 32.8 Å². The van der Waals surface area contributed by atoms with E-state index in [1.807, 2.05) is 35.2 Å². The summed E-state index contributed by atoms with van der Waals surface area (Å²) < 4.78 is 30.6. The minimum Gasteiger partial charge on any atom is -0.493 e. The number of halogens is 1. The molecule has 1 atom stereocenters. The van der Waals surface area contributed by atoms with Gasteiger partial charge in [0.2, 0.25) is 5.75 Å². The van der Waals surface area contributed by atoms with Gasteiger partial charge >= 0.3 is 12.0 Å². The number of likely N-dealkylation sites (tertiary alicyclic amines) is 3. The molecule has 3 aromatic carbocycles. The number of hydrogen-bond acceptors (Lipinski definition) is 7. The lowest BCUT2D eigenvalue weighted by atomic mass is 9.76. The molecule has 1 unspecified atom stereocenters. The van der Waals surface area contributed by atoms with Crippen molar-refractivity contribution in [1.82, 2.24) is 20.0 Å². The highest BCUT2D eigenvalue weighted by Gasteiger charge is 2.44. The number of piperidine rings is 2. The van der Waals surface area contributed by atoms with Crippen LogP contribution in [0.1, 0.15) is 60.0 Å². The predicted octanol–water partition coefficient (Wildman–Crippen LogP) is 5.52. The lowest BCUT2D eigenvalue weighted by molar-refractivity contribution is -0.143. The fraction of sp³-hybridized carbons (Fsp3) is 0.475. The van der Waals surface area contributed by atoms with E-state index in [9.17, 15) is 23.9 Å². The van der Waals surface area contributed by atoms with Crippen LogP contribution in [0.3, 0.4) is 0 Å². The third-order valence-corrected chi connectivity index (χ3v) is 11.4. The smallest absolute Gasteiger partial charge is 0.318 e. The van der Waals surface area contributed by atoms with E-state index < -0.39 is 17.4 Å². The topological polar surface area (TPSA) is 121 Å². The van der Waals surface area contributed by atoms with Gasteiger partial charge in [0.1, 0.15) is 5.82 Å². The molecule has 3 amide bonds. The van der Waals surface area contributed by atoms with Crippen molar-refractivity contribution in [2.24, 2.45) is 5.92 Å². The van der Waals surface area contributed by atoms with Crippen molar-refractivity contribution in [2.45, 2.75) is 49.5 Å². The van der Waals surface area contributed by atoms with Crippen LogP contribution in [0.4, 0.5) is 9.18 Å². The van der Waals surface area contributed by atoms with E-state index in [1.54, 1.807) is 17.0 Å². The van der Waals surface area contributed by atoms with Crippen molar-refractivity contribution in [1.29, 1.82) is 0 Å². The molecule has 3 heterocycles. The van der Waals surface area contributed by atoms with Gasteiger partial charge in [0.25, 0.3) is 5.91 Å². The van der Waals surface area contributed by atoms with Gasteiger partial charge in [-0.1, -0.05) is 42.5 Å². The Balaban J connectivity index is 1.16.